The van der Waals surface area contributed by atoms with Crippen LogP contribution in [0.1, 0.15) is 37.6 Å². The number of aromatic nitrogens is 3. The number of nitrogens with zero attached hydrogens (tertiary/aromatic N) is 4. The number of carbonyl (C=O) groups is 3. The zero-order chi connectivity index (χ0) is 25.5. The average molecular weight is 510 g/mol. The van der Waals surface area contributed by atoms with Gasteiger partial charge in [-0.1, -0.05) is 11.6 Å². The van der Waals surface area contributed by atoms with Crippen LogP contribution in [0, 0.1) is 0 Å². The Bertz CT molecular complexity index is 1240. The maximum atomic E-state index is 13.0. The number of nitrogens with one attached hydrogen (secondary N) is 3. The Labute approximate surface area is 212 Å². The first-order valence-electron chi connectivity index (χ1n) is 11.2. The number of rotatable bonds is 6. The lowest BCUT2D eigenvalue weighted by Gasteiger charge is -2.20. The molecule has 3 aromatic rings. The molecule has 0 aliphatic carbocycles. The van der Waals surface area contributed by atoms with Crippen LogP contribution in [0.25, 0.3) is 0 Å². The van der Waals surface area contributed by atoms with Crippen LogP contribution in [0.4, 0.5) is 17.3 Å². The molecule has 2 amide bonds. The molecule has 1 aromatic carbocycles. The molecule has 0 atom stereocenters. The van der Waals surface area contributed by atoms with E-state index in [1.165, 1.54) is 37.6 Å². The number of pyridine rings is 1. The molecule has 3 heterocycles. The Morgan fingerprint density at radius 3 is 2.58 bits per heavy atom. The van der Waals surface area contributed by atoms with Crippen molar-refractivity contribution in [2.75, 3.05) is 48.8 Å². The maximum Gasteiger partial charge on any atom is 0.337 e. The number of halogens is 1. The van der Waals surface area contributed by atoms with Gasteiger partial charge in [-0.15, -0.1) is 10.2 Å². The first kappa shape index (κ1) is 25.0. The summed E-state index contributed by atoms with van der Waals surface area (Å²) in [5.74, 6) is -0.849. The van der Waals surface area contributed by atoms with E-state index in [0.29, 0.717) is 10.8 Å². The number of carbonyl (C=O) groups excluding carboxylic acids is 3. The fourth-order valence-electron chi connectivity index (χ4n) is 3.60. The number of methoxy groups -OCH3 is 1. The molecule has 0 radical (unpaired) electrons. The number of hydrogen-bond acceptors (Lipinski definition) is 9. The number of esters is 1. The zero-order valence-corrected chi connectivity index (χ0v) is 20.2. The van der Waals surface area contributed by atoms with Gasteiger partial charge in [-0.05, 0) is 55.4 Å². The van der Waals surface area contributed by atoms with E-state index in [9.17, 15) is 14.4 Å². The highest BCUT2D eigenvalue weighted by molar-refractivity contribution is 6.30. The van der Waals surface area contributed by atoms with Gasteiger partial charge in [0.25, 0.3) is 11.8 Å². The molecule has 1 aliphatic heterocycles. The summed E-state index contributed by atoms with van der Waals surface area (Å²) in [5, 5.41) is 17.3. The quantitative estimate of drug-likeness (QED) is 0.428. The van der Waals surface area contributed by atoms with E-state index < -0.39 is 17.8 Å². The smallest absolute Gasteiger partial charge is 0.337 e. The normalized spacial score (nSPS) is 13.4. The van der Waals surface area contributed by atoms with Crippen molar-refractivity contribution >= 4 is 46.7 Å². The third-order valence-electron chi connectivity index (χ3n) is 5.45. The van der Waals surface area contributed by atoms with Gasteiger partial charge < -0.3 is 25.6 Å². The van der Waals surface area contributed by atoms with Crippen molar-refractivity contribution in [3.05, 3.63) is 70.5 Å². The first-order valence-corrected chi connectivity index (χ1v) is 11.6. The van der Waals surface area contributed by atoms with Gasteiger partial charge in [0.15, 0.2) is 11.5 Å². The fourth-order valence-corrected chi connectivity index (χ4v) is 3.71. The monoisotopic (exact) mass is 509 g/mol. The van der Waals surface area contributed by atoms with Crippen molar-refractivity contribution in [1.29, 1.82) is 0 Å². The minimum absolute atomic E-state index is 0.0321. The Morgan fingerprint density at radius 2 is 1.86 bits per heavy atom. The predicted octanol–water partition coefficient (Wildman–Crippen LogP) is 2.62. The number of amides is 2. The molecule has 4 rings (SSSR count). The van der Waals surface area contributed by atoms with E-state index in [0.717, 1.165) is 32.6 Å². The molecular weight excluding hydrogens is 486 g/mol. The van der Waals surface area contributed by atoms with Crippen LogP contribution in [0.2, 0.25) is 5.02 Å². The predicted molar refractivity (Wildman–Crippen MR) is 135 cm³/mol. The van der Waals surface area contributed by atoms with Gasteiger partial charge in [0.05, 0.1) is 28.9 Å². The topological polar surface area (TPSA) is 138 Å². The first-order chi connectivity index (χ1) is 17.4. The molecule has 2 aromatic heterocycles. The number of ether oxygens (including phenoxy) is 1. The number of anilines is 3. The van der Waals surface area contributed by atoms with Gasteiger partial charge in [0.2, 0.25) is 0 Å². The number of benzene rings is 1. The van der Waals surface area contributed by atoms with Gasteiger partial charge in [-0.2, -0.15) is 0 Å². The minimum Gasteiger partial charge on any atom is -0.465 e. The van der Waals surface area contributed by atoms with Crippen LogP contribution < -0.4 is 20.9 Å². The summed E-state index contributed by atoms with van der Waals surface area (Å²) in [6.45, 7) is 3.44. The Hall–Kier alpha value is -4.09. The third kappa shape index (κ3) is 6.12. The van der Waals surface area contributed by atoms with Crippen molar-refractivity contribution in [1.82, 2.24) is 20.5 Å². The van der Waals surface area contributed by atoms with E-state index in [1.807, 2.05) is 0 Å². The Kier molecular flexibility index (Phi) is 8.03. The SMILES string of the molecule is COC(=O)c1ccc(NC(=O)c2ccc(N3CCCNCC3)nn2)c(C(=O)Nc2ccc(Cl)cn2)c1. The average Bonchev–Trinajstić information content (AvgIpc) is 3.19. The minimum atomic E-state index is -0.628. The van der Waals surface area contributed by atoms with Crippen molar-refractivity contribution in [2.45, 2.75) is 6.42 Å². The lowest BCUT2D eigenvalue weighted by atomic mass is 10.1. The van der Waals surface area contributed by atoms with Crippen LogP contribution in [0.3, 0.4) is 0 Å². The molecule has 12 heteroatoms. The zero-order valence-electron chi connectivity index (χ0n) is 19.5. The molecule has 3 N–H and O–H groups in total. The van der Waals surface area contributed by atoms with Crippen LogP contribution in [0.15, 0.2) is 48.7 Å². The molecule has 0 bridgehead atoms. The highest BCUT2D eigenvalue weighted by atomic mass is 35.5. The molecule has 0 unspecified atom stereocenters. The van der Waals surface area contributed by atoms with Gasteiger partial charge >= 0.3 is 5.97 Å². The van der Waals surface area contributed by atoms with Crippen molar-refractivity contribution in [2.24, 2.45) is 0 Å². The van der Waals surface area contributed by atoms with Crippen molar-refractivity contribution in [3.8, 4) is 0 Å². The summed E-state index contributed by atoms with van der Waals surface area (Å²) in [5.41, 5.74) is 0.420. The van der Waals surface area contributed by atoms with Crippen LogP contribution in [0.5, 0.6) is 0 Å². The van der Waals surface area contributed by atoms with Crippen LogP contribution >= 0.6 is 11.6 Å². The van der Waals surface area contributed by atoms with Crippen molar-refractivity contribution < 1.29 is 19.1 Å². The van der Waals surface area contributed by atoms with Crippen LogP contribution in [-0.4, -0.2) is 66.3 Å². The molecule has 186 valence electrons. The van der Waals surface area contributed by atoms with Gasteiger partial charge in [-0.3, -0.25) is 9.59 Å². The van der Waals surface area contributed by atoms with E-state index in [1.54, 1.807) is 18.2 Å². The summed E-state index contributed by atoms with van der Waals surface area (Å²) in [7, 11) is 1.24. The molecule has 1 saturated heterocycles. The second-order valence-electron chi connectivity index (χ2n) is 7.89. The molecular formula is C24H24ClN7O4. The highest BCUT2D eigenvalue weighted by Gasteiger charge is 2.20. The van der Waals surface area contributed by atoms with E-state index in [4.69, 9.17) is 16.3 Å². The molecule has 0 saturated carbocycles. The summed E-state index contributed by atoms with van der Waals surface area (Å²) in [6, 6.07) is 10.6. The molecule has 11 nitrogen and oxygen atoms in total. The third-order valence-corrected chi connectivity index (χ3v) is 5.67. The highest BCUT2D eigenvalue weighted by Crippen LogP contribution is 2.21. The molecule has 1 fully saturated rings. The van der Waals surface area contributed by atoms with Crippen molar-refractivity contribution in [3.63, 3.8) is 0 Å². The Morgan fingerprint density at radius 1 is 1.00 bits per heavy atom. The summed E-state index contributed by atoms with van der Waals surface area (Å²) < 4.78 is 4.75. The van der Waals surface area contributed by atoms with E-state index in [-0.39, 0.29) is 28.3 Å². The molecule has 0 spiro atoms. The lowest BCUT2D eigenvalue weighted by Crippen LogP contribution is -2.29. The second kappa shape index (κ2) is 11.6. The largest absolute Gasteiger partial charge is 0.465 e. The standard InChI is InChI=1S/C24H24ClN7O4/c1-36-24(35)15-3-5-18(17(13-15)22(33)29-20-7-4-16(25)14-27-20)28-23(34)19-6-8-21(31-30-19)32-11-2-9-26-10-12-32/h3-8,13-14,26H,2,9-12H2,1H3,(H,28,34)(H,27,29,33). The fraction of sp³-hybridized carbons (Fsp3) is 0.250. The van der Waals surface area contributed by atoms with E-state index >= 15 is 0 Å². The van der Waals surface area contributed by atoms with Crippen LogP contribution in [-0.2, 0) is 4.74 Å². The molecule has 1 aliphatic rings. The van der Waals surface area contributed by atoms with Gasteiger partial charge in [0.1, 0.15) is 5.82 Å². The Balaban J connectivity index is 1.54. The summed E-state index contributed by atoms with van der Waals surface area (Å²) in [4.78, 5) is 44.1. The van der Waals surface area contributed by atoms with Gasteiger partial charge in [-0.25, -0.2) is 9.78 Å². The lowest BCUT2D eigenvalue weighted by molar-refractivity contribution is 0.0600. The molecule has 36 heavy (non-hydrogen) atoms. The summed E-state index contributed by atoms with van der Waals surface area (Å²) >= 11 is 5.85. The second-order valence-corrected chi connectivity index (χ2v) is 8.33. The number of hydrogen-bond donors (Lipinski definition) is 3. The van der Waals surface area contributed by atoms with Gasteiger partial charge in [0, 0.05) is 25.8 Å². The summed E-state index contributed by atoms with van der Waals surface area (Å²) in [6.07, 6.45) is 2.37. The maximum absolute atomic E-state index is 13.0. The van der Waals surface area contributed by atoms with E-state index in [2.05, 4.69) is 36.0 Å².